The number of alkyl carbamates (subject to hydrolysis) is 1. The first kappa shape index (κ1) is 39.2. The number of aromatic nitrogens is 2. The number of nitrogens with zero attached hydrogens (tertiary/aromatic N) is 4. The second-order valence-electron chi connectivity index (χ2n) is 15.0. The van der Waals surface area contributed by atoms with Gasteiger partial charge in [-0.25, -0.2) is 14.2 Å². The molecule has 2 aromatic carbocycles. The monoisotopic (exact) mass is 753 g/mol. The molecule has 4 heterocycles. The minimum atomic E-state index is -1.21. The first-order valence-corrected chi connectivity index (χ1v) is 18.7. The Hall–Kier alpha value is -5.55. The van der Waals surface area contributed by atoms with Gasteiger partial charge in [-0.1, -0.05) is 57.7 Å². The van der Waals surface area contributed by atoms with Crippen LogP contribution in [0.25, 0.3) is 22.2 Å². The zero-order valence-electron chi connectivity index (χ0n) is 31.8. The van der Waals surface area contributed by atoms with Crippen LogP contribution >= 0.6 is 0 Å². The molecule has 0 aliphatic carbocycles. The van der Waals surface area contributed by atoms with Crippen LogP contribution in [0.3, 0.4) is 0 Å². The number of H-pyrrole nitrogens is 1. The fraction of sp³-hybridized carbons (Fsp3) is 0.463. The number of ether oxygens (including phenoxy) is 1. The number of methoxy groups -OCH3 is 1. The topological polar surface area (TPSA) is 169 Å². The first-order chi connectivity index (χ1) is 26.4. The number of benzene rings is 2. The lowest BCUT2D eigenvalue weighted by Crippen LogP contribution is -2.54. The Kier molecular flexibility index (Phi) is 12.0. The molecule has 0 radical (unpaired) electrons. The molecule has 13 nitrogen and oxygen atoms in total. The molecule has 0 bridgehead atoms. The second kappa shape index (κ2) is 16.9. The fourth-order valence-corrected chi connectivity index (χ4v) is 7.44. The lowest BCUT2D eigenvalue weighted by Gasteiger charge is -2.30. The van der Waals surface area contributed by atoms with Gasteiger partial charge in [-0.15, -0.1) is 0 Å². The molecule has 5 unspecified atom stereocenters. The van der Waals surface area contributed by atoms with Crippen LogP contribution in [0.4, 0.5) is 9.18 Å². The average Bonchev–Trinajstić information content (AvgIpc) is 4.00. The van der Waals surface area contributed by atoms with Gasteiger partial charge in [0, 0.05) is 42.4 Å². The number of imidazole rings is 1. The third kappa shape index (κ3) is 8.73. The number of aliphatic imine (C=N–C) groups is 1. The van der Waals surface area contributed by atoms with E-state index in [2.05, 4.69) is 32.5 Å². The standard InChI is InChI=1S/C41H48FN7O6/c1-23(2)36(46-35(51)22-50)40(53)49-21-29(42)19-34(49)32-17-26(20-43-32)9-8-25-10-12-27(13-11-25)28-14-15-30-31(18-28)45-38(44-30)33-7-6-16-48(33)39(52)37(24(3)4)47-41(54)55-5/h10-15,18,20,23-24,29,33-34,36-37,50H,6-7,16-17,19,21-22H2,1-5H3,(H,44,45)(H,46,51)(H,47,54). The first-order valence-electron chi connectivity index (χ1n) is 18.7. The zero-order valence-corrected chi connectivity index (χ0v) is 31.8. The number of fused-ring (bicyclic) bond motifs is 1. The fourth-order valence-electron chi connectivity index (χ4n) is 7.44. The summed E-state index contributed by atoms with van der Waals surface area (Å²) in [5.74, 6) is 5.49. The van der Waals surface area contributed by atoms with Gasteiger partial charge in [-0.05, 0) is 60.1 Å². The number of aliphatic hydroxyl groups excluding tert-OH is 1. The van der Waals surface area contributed by atoms with Crippen LogP contribution in [0.2, 0.25) is 0 Å². The van der Waals surface area contributed by atoms with Crippen molar-refractivity contribution in [2.45, 2.75) is 83.7 Å². The SMILES string of the molecule is COC(=O)NC(C(=O)N1CCCC1c1nc2ccc(-c3ccc(C#CC4=CN=C(C5CC(F)CN5C(=O)C(NC(=O)CO)C(C)C)C4)cc3)cc2[nH]1)C(C)C. The third-order valence-electron chi connectivity index (χ3n) is 10.4. The number of carbonyl (C=O) groups is 4. The maximum Gasteiger partial charge on any atom is 0.407 e. The number of hydrogen-bond donors (Lipinski definition) is 4. The molecule has 3 aliphatic heterocycles. The van der Waals surface area contributed by atoms with Gasteiger partial charge in [0.1, 0.15) is 30.7 Å². The van der Waals surface area contributed by atoms with E-state index in [0.29, 0.717) is 24.5 Å². The predicted octanol–water partition coefficient (Wildman–Crippen LogP) is 4.43. The number of nitrogens with one attached hydrogen (secondary N) is 3. The van der Waals surface area contributed by atoms with Gasteiger partial charge in [-0.3, -0.25) is 19.4 Å². The molecule has 2 fully saturated rings. The molecule has 2 saturated heterocycles. The molecule has 55 heavy (non-hydrogen) atoms. The largest absolute Gasteiger partial charge is 0.453 e. The molecule has 5 atom stereocenters. The van der Waals surface area contributed by atoms with Crippen LogP contribution in [0, 0.1) is 23.7 Å². The minimum absolute atomic E-state index is 0.0841. The second-order valence-corrected chi connectivity index (χ2v) is 15.0. The van der Waals surface area contributed by atoms with Gasteiger partial charge in [0.15, 0.2) is 0 Å². The Morgan fingerprint density at radius 2 is 1.65 bits per heavy atom. The van der Waals surface area contributed by atoms with Crippen LogP contribution in [0.5, 0.6) is 0 Å². The lowest BCUT2D eigenvalue weighted by atomic mass is 9.99. The van der Waals surface area contributed by atoms with Gasteiger partial charge in [0.05, 0.1) is 36.8 Å². The summed E-state index contributed by atoms with van der Waals surface area (Å²) < 4.78 is 19.4. The number of likely N-dealkylation sites (tertiary alicyclic amines) is 2. The molecule has 0 spiro atoms. The Balaban J connectivity index is 1.10. The molecule has 0 saturated carbocycles. The van der Waals surface area contributed by atoms with Crippen molar-refractivity contribution >= 4 is 40.6 Å². The van der Waals surface area contributed by atoms with Crippen LogP contribution in [0.1, 0.15) is 70.8 Å². The van der Waals surface area contributed by atoms with Crippen molar-refractivity contribution in [3.8, 4) is 23.0 Å². The Bertz CT molecular complexity index is 2060. The quantitative estimate of drug-likeness (QED) is 0.222. The van der Waals surface area contributed by atoms with E-state index in [-0.39, 0.29) is 36.8 Å². The van der Waals surface area contributed by atoms with Crippen molar-refractivity contribution in [1.29, 1.82) is 0 Å². The highest BCUT2D eigenvalue weighted by Gasteiger charge is 2.42. The van der Waals surface area contributed by atoms with E-state index in [9.17, 15) is 28.7 Å². The van der Waals surface area contributed by atoms with Gasteiger partial charge in [-0.2, -0.15) is 0 Å². The summed E-state index contributed by atoms with van der Waals surface area (Å²) in [4.78, 5) is 66.9. The number of hydrogen-bond acceptors (Lipinski definition) is 8. The number of halogens is 1. The van der Waals surface area contributed by atoms with Crippen molar-refractivity contribution in [3.63, 3.8) is 0 Å². The molecule has 4 amide bonds. The zero-order chi connectivity index (χ0) is 39.4. The maximum absolute atomic E-state index is 14.7. The summed E-state index contributed by atoms with van der Waals surface area (Å²) in [5, 5.41) is 14.4. The normalized spacial score (nSPS) is 20.6. The third-order valence-corrected chi connectivity index (χ3v) is 10.4. The minimum Gasteiger partial charge on any atom is -0.453 e. The van der Waals surface area contributed by atoms with Gasteiger partial charge in [0.2, 0.25) is 17.7 Å². The number of amides is 4. The molecule has 4 N–H and O–H groups in total. The number of aromatic amines is 1. The molecule has 3 aromatic rings. The summed E-state index contributed by atoms with van der Waals surface area (Å²) in [6, 6.07) is 11.5. The van der Waals surface area contributed by atoms with Gasteiger partial charge in [0.25, 0.3) is 0 Å². The average molecular weight is 754 g/mol. The van der Waals surface area contributed by atoms with Crippen molar-refractivity contribution < 1.29 is 33.4 Å². The van der Waals surface area contributed by atoms with Crippen LogP contribution in [0.15, 0.2) is 59.2 Å². The van der Waals surface area contributed by atoms with E-state index in [1.165, 1.54) is 12.0 Å². The van der Waals surface area contributed by atoms with E-state index >= 15 is 0 Å². The van der Waals surface area contributed by atoms with E-state index in [1.54, 1.807) is 24.9 Å². The summed E-state index contributed by atoms with van der Waals surface area (Å²) >= 11 is 0. The highest BCUT2D eigenvalue weighted by atomic mass is 19.1. The van der Waals surface area contributed by atoms with Crippen LogP contribution in [-0.4, -0.2) is 106 Å². The Labute approximate surface area is 319 Å². The molecule has 6 rings (SSSR count). The molecule has 14 heteroatoms. The molecular formula is C41H48FN7O6. The van der Waals surface area contributed by atoms with E-state index in [4.69, 9.17) is 9.72 Å². The molecular weight excluding hydrogens is 705 g/mol. The molecule has 3 aliphatic rings. The van der Waals surface area contributed by atoms with Crippen molar-refractivity contribution in [1.82, 2.24) is 30.4 Å². The van der Waals surface area contributed by atoms with E-state index < -0.39 is 48.8 Å². The number of allylic oxidation sites excluding steroid dienone is 1. The number of carbonyl (C=O) groups excluding carboxylic acids is 4. The lowest BCUT2D eigenvalue weighted by molar-refractivity contribution is -0.138. The molecule has 290 valence electrons. The summed E-state index contributed by atoms with van der Waals surface area (Å²) in [6.07, 6.45) is 1.92. The maximum atomic E-state index is 14.7. The summed E-state index contributed by atoms with van der Waals surface area (Å²) in [5.41, 5.74) is 5.83. The highest BCUT2D eigenvalue weighted by molar-refractivity contribution is 5.99. The van der Waals surface area contributed by atoms with Gasteiger partial charge < -0.3 is 35.3 Å². The summed E-state index contributed by atoms with van der Waals surface area (Å²) in [7, 11) is 1.28. The number of alkyl halides is 1. The van der Waals surface area contributed by atoms with Gasteiger partial charge >= 0.3 is 6.09 Å². The Morgan fingerprint density at radius 3 is 2.35 bits per heavy atom. The van der Waals surface area contributed by atoms with Crippen LogP contribution < -0.4 is 10.6 Å². The molecule has 1 aromatic heterocycles. The Morgan fingerprint density at radius 1 is 0.964 bits per heavy atom. The van der Waals surface area contributed by atoms with E-state index in [1.807, 2.05) is 56.3 Å². The van der Waals surface area contributed by atoms with E-state index in [0.717, 1.165) is 46.1 Å². The van der Waals surface area contributed by atoms with Crippen molar-refractivity contribution in [3.05, 3.63) is 65.6 Å². The van der Waals surface area contributed by atoms with Crippen molar-refractivity contribution in [2.75, 3.05) is 26.8 Å². The highest BCUT2D eigenvalue weighted by Crippen LogP contribution is 2.34. The van der Waals surface area contributed by atoms with Crippen molar-refractivity contribution in [2.24, 2.45) is 16.8 Å². The summed E-state index contributed by atoms with van der Waals surface area (Å²) in [6.45, 7) is 7.10. The smallest absolute Gasteiger partial charge is 0.407 e. The predicted molar refractivity (Wildman–Crippen MR) is 205 cm³/mol. The number of rotatable bonds is 10. The number of aliphatic hydroxyl groups is 1. The van der Waals surface area contributed by atoms with Crippen LogP contribution in [-0.2, 0) is 19.1 Å².